The second kappa shape index (κ2) is 11.8. The normalized spacial score (nSPS) is 34.7. The molecule has 0 saturated heterocycles. The van der Waals surface area contributed by atoms with Gasteiger partial charge in [0.05, 0.1) is 31.0 Å². The van der Waals surface area contributed by atoms with Gasteiger partial charge in [0.1, 0.15) is 0 Å². The zero-order chi connectivity index (χ0) is 22.3. The fourth-order valence-electron chi connectivity index (χ4n) is 5.60. The number of aliphatic hydroxyl groups is 3. The van der Waals surface area contributed by atoms with Crippen molar-refractivity contribution in [2.45, 2.75) is 115 Å². The maximum Gasteiger partial charge on any atom is 0.0651 e. The minimum Gasteiger partial charge on any atom is -0.393 e. The van der Waals surface area contributed by atoms with Gasteiger partial charge in [-0.25, -0.2) is 0 Å². The van der Waals surface area contributed by atoms with E-state index >= 15 is 0 Å². The summed E-state index contributed by atoms with van der Waals surface area (Å²) in [7, 11) is 0. The fourth-order valence-corrected chi connectivity index (χ4v) is 5.60. The van der Waals surface area contributed by atoms with Crippen LogP contribution in [0, 0.1) is 11.3 Å². The van der Waals surface area contributed by atoms with Crippen molar-refractivity contribution in [3.05, 3.63) is 35.5 Å². The molecule has 0 aliphatic heterocycles. The van der Waals surface area contributed by atoms with Gasteiger partial charge >= 0.3 is 0 Å². The summed E-state index contributed by atoms with van der Waals surface area (Å²) in [6.07, 6.45) is 20.3. The van der Waals surface area contributed by atoms with Gasteiger partial charge in [-0.2, -0.15) is 0 Å². The fraction of sp³-hybridized carbons (Fsp3) is 0.778. The van der Waals surface area contributed by atoms with Crippen molar-refractivity contribution in [2.24, 2.45) is 11.3 Å². The summed E-state index contributed by atoms with van der Waals surface area (Å²) in [6, 6.07) is 0. The maximum absolute atomic E-state index is 9.90. The highest BCUT2D eigenvalue weighted by Gasteiger charge is 2.37. The van der Waals surface area contributed by atoms with Crippen LogP contribution in [0.4, 0.5) is 0 Å². The Hall–Kier alpha value is -0.940. The molecule has 1 unspecified atom stereocenters. The molecule has 4 nitrogen and oxygen atoms in total. The molecule has 176 valence electrons. The van der Waals surface area contributed by atoms with Gasteiger partial charge in [-0.3, -0.25) is 0 Å². The molecule has 0 radical (unpaired) electrons. The van der Waals surface area contributed by atoms with E-state index in [1.54, 1.807) is 5.57 Å². The van der Waals surface area contributed by atoms with Crippen LogP contribution in [-0.2, 0) is 4.74 Å². The highest BCUT2D eigenvalue weighted by atomic mass is 16.5. The molecule has 0 heterocycles. The number of hydrogen-bond donors (Lipinski definition) is 3. The summed E-state index contributed by atoms with van der Waals surface area (Å²) < 4.78 is 6.09. The van der Waals surface area contributed by atoms with Crippen LogP contribution in [0.3, 0.4) is 0 Å². The van der Waals surface area contributed by atoms with Crippen LogP contribution < -0.4 is 0 Å². The molecule has 0 bridgehead atoms. The van der Waals surface area contributed by atoms with Crippen molar-refractivity contribution in [1.29, 1.82) is 0 Å². The zero-order valence-electron chi connectivity index (χ0n) is 19.6. The third-order valence-corrected chi connectivity index (χ3v) is 7.64. The van der Waals surface area contributed by atoms with Gasteiger partial charge in [-0.1, -0.05) is 49.3 Å². The standard InChI is InChI=1S/C27H44O4/c1-20(2)26(30)7-3-4-15-31-25-10-13-27(14-11-25)12-5-6-21(19-27)8-9-22-16-23(28)18-24(29)17-22/h3-4,8-9,20,23-26,28-30H,5-7,10-19H2,1-2H3/b4-3+,21-8+/t23-,24-,25?,26?,27?/m0/s1. The Bertz CT molecular complexity index is 628. The van der Waals surface area contributed by atoms with Gasteiger partial charge < -0.3 is 20.1 Å². The van der Waals surface area contributed by atoms with Crippen molar-refractivity contribution >= 4 is 0 Å². The molecule has 3 atom stereocenters. The molecule has 3 saturated carbocycles. The largest absolute Gasteiger partial charge is 0.393 e. The molecule has 0 aromatic carbocycles. The van der Waals surface area contributed by atoms with E-state index < -0.39 is 12.2 Å². The third-order valence-electron chi connectivity index (χ3n) is 7.64. The van der Waals surface area contributed by atoms with Crippen molar-refractivity contribution in [3.8, 4) is 0 Å². The van der Waals surface area contributed by atoms with E-state index in [9.17, 15) is 15.3 Å². The molecule has 3 fully saturated rings. The SMILES string of the molecule is CC(C)C(O)C/C=C/COC1CCC2(CCC/C(=C\C=C3C[C@H](O)C[C@@H](O)C3)C2)CC1. The summed E-state index contributed by atoms with van der Waals surface area (Å²) in [5.41, 5.74) is 3.18. The number of rotatable bonds is 7. The van der Waals surface area contributed by atoms with Gasteiger partial charge in [0.25, 0.3) is 0 Å². The lowest BCUT2D eigenvalue weighted by Gasteiger charge is -2.43. The van der Waals surface area contributed by atoms with Crippen molar-refractivity contribution in [1.82, 2.24) is 0 Å². The molecular weight excluding hydrogens is 388 g/mol. The average Bonchev–Trinajstić information content (AvgIpc) is 2.73. The molecule has 3 aliphatic carbocycles. The Morgan fingerprint density at radius 3 is 2.35 bits per heavy atom. The first-order valence-electron chi connectivity index (χ1n) is 12.5. The molecule has 0 amide bonds. The molecule has 1 spiro atoms. The van der Waals surface area contributed by atoms with E-state index in [0.717, 1.165) is 12.8 Å². The van der Waals surface area contributed by atoms with E-state index in [2.05, 4.69) is 18.2 Å². The van der Waals surface area contributed by atoms with Gasteiger partial charge in [-0.05, 0) is 88.4 Å². The second-order valence-corrected chi connectivity index (χ2v) is 10.7. The zero-order valence-corrected chi connectivity index (χ0v) is 19.6. The van der Waals surface area contributed by atoms with Gasteiger partial charge in [-0.15, -0.1) is 0 Å². The smallest absolute Gasteiger partial charge is 0.0651 e. The van der Waals surface area contributed by atoms with Crippen LogP contribution in [0.1, 0.15) is 90.9 Å². The van der Waals surface area contributed by atoms with E-state index in [4.69, 9.17) is 4.74 Å². The van der Waals surface area contributed by atoms with Gasteiger partial charge in [0, 0.05) is 0 Å². The number of aliphatic hydroxyl groups excluding tert-OH is 3. The molecule has 0 aromatic rings. The van der Waals surface area contributed by atoms with Crippen LogP contribution in [0.25, 0.3) is 0 Å². The first-order chi connectivity index (χ1) is 14.8. The Kier molecular flexibility index (Phi) is 9.39. The predicted octanol–water partition coefficient (Wildman–Crippen LogP) is 5.23. The van der Waals surface area contributed by atoms with Crippen LogP contribution >= 0.6 is 0 Å². The Labute approximate surface area is 189 Å². The third kappa shape index (κ3) is 7.85. The van der Waals surface area contributed by atoms with Gasteiger partial charge in [0.15, 0.2) is 0 Å². The molecule has 3 rings (SSSR count). The van der Waals surface area contributed by atoms with Crippen LogP contribution in [-0.4, -0.2) is 46.3 Å². The highest BCUT2D eigenvalue weighted by Crippen LogP contribution is 2.49. The molecule has 3 N–H and O–H groups in total. The monoisotopic (exact) mass is 432 g/mol. The van der Waals surface area contributed by atoms with E-state index in [-0.39, 0.29) is 6.10 Å². The Morgan fingerprint density at radius 1 is 1.00 bits per heavy atom. The minimum absolute atomic E-state index is 0.261. The molecule has 4 heteroatoms. The summed E-state index contributed by atoms with van der Waals surface area (Å²) in [6.45, 7) is 4.74. The maximum atomic E-state index is 9.90. The van der Waals surface area contributed by atoms with Crippen LogP contribution in [0.15, 0.2) is 35.5 Å². The molecule has 31 heavy (non-hydrogen) atoms. The number of ether oxygens (including phenoxy) is 1. The summed E-state index contributed by atoms with van der Waals surface area (Å²) in [5.74, 6) is 0.298. The van der Waals surface area contributed by atoms with Gasteiger partial charge in [0.2, 0.25) is 0 Å². The van der Waals surface area contributed by atoms with Crippen LogP contribution in [0.2, 0.25) is 0 Å². The second-order valence-electron chi connectivity index (χ2n) is 10.7. The quantitative estimate of drug-likeness (QED) is 0.482. The van der Waals surface area contributed by atoms with E-state index in [1.165, 1.54) is 44.1 Å². The molecule has 0 aromatic heterocycles. The van der Waals surface area contributed by atoms with Crippen molar-refractivity contribution in [3.63, 3.8) is 0 Å². The highest BCUT2D eigenvalue weighted by molar-refractivity contribution is 5.22. The number of hydrogen-bond acceptors (Lipinski definition) is 4. The summed E-state index contributed by atoms with van der Waals surface area (Å²) in [5, 5.41) is 29.6. The molecular formula is C27H44O4. The first kappa shape index (κ1) is 24.7. The van der Waals surface area contributed by atoms with Crippen molar-refractivity contribution < 1.29 is 20.1 Å². The first-order valence-corrected chi connectivity index (χ1v) is 12.5. The Morgan fingerprint density at radius 2 is 1.68 bits per heavy atom. The Balaban J connectivity index is 1.43. The number of allylic oxidation sites excluding steroid dienone is 3. The lowest BCUT2D eigenvalue weighted by molar-refractivity contribution is 0.00271. The lowest BCUT2D eigenvalue weighted by atomic mass is 9.63. The topological polar surface area (TPSA) is 69.9 Å². The summed E-state index contributed by atoms with van der Waals surface area (Å²) in [4.78, 5) is 0. The van der Waals surface area contributed by atoms with E-state index in [0.29, 0.717) is 49.7 Å². The predicted molar refractivity (Wildman–Crippen MR) is 126 cm³/mol. The van der Waals surface area contributed by atoms with Crippen molar-refractivity contribution in [2.75, 3.05) is 6.61 Å². The summed E-state index contributed by atoms with van der Waals surface area (Å²) >= 11 is 0. The average molecular weight is 433 g/mol. The van der Waals surface area contributed by atoms with E-state index in [1.807, 2.05) is 19.9 Å². The lowest BCUT2D eigenvalue weighted by Crippen LogP contribution is -2.33. The molecule has 3 aliphatic rings. The minimum atomic E-state index is -0.392. The van der Waals surface area contributed by atoms with Crippen LogP contribution in [0.5, 0.6) is 0 Å².